The summed E-state index contributed by atoms with van der Waals surface area (Å²) in [6.07, 6.45) is -6.41. The smallest absolute Gasteiger partial charge is 0.465 e. The van der Waals surface area contributed by atoms with Gasteiger partial charge in [0.25, 0.3) is 0 Å². The van der Waals surface area contributed by atoms with Gasteiger partial charge in [-0.3, -0.25) is 14.5 Å². The number of hydrogen-bond acceptors (Lipinski definition) is 4. The van der Waals surface area contributed by atoms with Gasteiger partial charge >= 0.3 is 12.5 Å². The van der Waals surface area contributed by atoms with Gasteiger partial charge in [0.15, 0.2) is 0 Å². The van der Waals surface area contributed by atoms with E-state index in [1.807, 2.05) is 0 Å². The Morgan fingerprint density at radius 3 is 2.52 bits per heavy atom. The Morgan fingerprint density at radius 2 is 1.87 bits per heavy atom. The first kappa shape index (κ1) is 22.4. The van der Waals surface area contributed by atoms with E-state index in [-0.39, 0.29) is 47.0 Å². The van der Waals surface area contributed by atoms with Gasteiger partial charge in [-0.15, -0.1) is 13.2 Å². The lowest BCUT2D eigenvalue weighted by molar-refractivity contribution is -0.274. The number of hydrogen-bond donors (Lipinski definition) is 2. The number of amides is 2. The number of carboxylic acid groups (broad SMARTS) is 1. The SMILES string of the molecule is O=C1CCN(C(=O)O)[C@@H](C(=O)Nc2ccc(-c3ccccc3OC(F)(F)F)c(Cl)c2)C1. The molecule has 0 radical (unpaired) electrons. The summed E-state index contributed by atoms with van der Waals surface area (Å²) in [6, 6.07) is 8.39. The molecule has 0 bridgehead atoms. The number of benzene rings is 2. The van der Waals surface area contributed by atoms with E-state index >= 15 is 0 Å². The zero-order valence-electron chi connectivity index (χ0n) is 15.8. The molecule has 2 aromatic rings. The summed E-state index contributed by atoms with van der Waals surface area (Å²) in [5.74, 6) is -1.38. The third kappa shape index (κ3) is 5.46. The number of carbonyl (C=O) groups is 3. The van der Waals surface area contributed by atoms with Crippen LogP contribution < -0.4 is 10.1 Å². The van der Waals surface area contributed by atoms with Crippen molar-refractivity contribution in [1.82, 2.24) is 4.90 Å². The quantitative estimate of drug-likeness (QED) is 0.703. The number of ether oxygens (including phenoxy) is 1. The molecule has 0 saturated carbocycles. The molecule has 1 fully saturated rings. The molecule has 0 spiro atoms. The first-order chi connectivity index (χ1) is 14.5. The number of halogens is 4. The Morgan fingerprint density at radius 1 is 1.16 bits per heavy atom. The van der Waals surface area contributed by atoms with E-state index in [2.05, 4.69) is 10.1 Å². The molecule has 0 aromatic heterocycles. The van der Waals surface area contributed by atoms with Gasteiger partial charge in [-0.25, -0.2) is 4.79 Å². The molecule has 2 N–H and O–H groups in total. The lowest BCUT2D eigenvalue weighted by atomic mass is 10.0. The van der Waals surface area contributed by atoms with E-state index in [1.165, 1.54) is 36.4 Å². The van der Waals surface area contributed by atoms with E-state index in [0.717, 1.165) is 11.0 Å². The second kappa shape index (κ2) is 8.84. The first-order valence-corrected chi connectivity index (χ1v) is 9.40. The highest BCUT2D eigenvalue weighted by atomic mass is 35.5. The maximum atomic E-state index is 12.7. The highest BCUT2D eigenvalue weighted by Gasteiger charge is 2.36. The van der Waals surface area contributed by atoms with Crippen LogP contribution in [0.2, 0.25) is 5.02 Å². The second-order valence-electron chi connectivity index (χ2n) is 6.71. The molecule has 1 heterocycles. The number of likely N-dealkylation sites (tertiary alicyclic amines) is 1. The van der Waals surface area contributed by atoms with Crippen molar-refractivity contribution >= 4 is 35.1 Å². The van der Waals surface area contributed by atoms with Crippen molar-refractivity contribution in [2.45, 2.75) is 25.2 Å². The van der Waals surface area contributed by atoms with Gasteiger partial charge in [-0.1, -0.05) is 35.9 Å². The number of para-hydroxylation sites is 1. The van der Waals surface area contributed by atoms with Crippen LogP contribution in [-0.4, -0.2) is 46.7 Å². The van der Waals surface area contributed by atoms with Crippen LogP contribution in [-0.2, 0) is 9.59 Å². The highest BCUT2D eigenvalue weighted by molar-refractivity contribution is 6.33. The van der Waals surface area contributed by atoms with Gasteiger partial charge in [0.05, 0.1) is 5.02 Å². The summed E-state index contributed by atoms with van der Waals surface area (Å²) >= 11 is 6.23. The fraction of sp³-hybridized carbons (Fsp3) is 0.250. The maximum Gasteiger partial charge on any atom is 0.573 e. The van der Waals surface area contributed by atoms with Crippen molar-refractivity contribution in [2.24, 2.45) is 0 Å². The van der Waals surface area contributed by atoms with E-state index in [1.54, 1.807) is 0 Å². The number of alkyl halides is 3. The fourth-order valence-corrected chi connectivity index (χ4v) is 3.51. The maximum absolute atomic E-state index is 12.7. The molecule has 3 rings (SSSR count). The number of nitrogens with one attached hydrogen (secondary N) is 1. The zero-order chi connectivity index (χ0) is 22.8. The number of piperidine rings is 1. The van der Waals surface area contributed by atoms with Crippen LogP contribution in [0, 0.1) is 0 Å². The molecule has 1 saturated heterocycles. The molecule has 1 aliphatic rings. The van der Waals surface area contributed by atoms with Gasteiger partial charge < -0.3 is 15.2 Å². The largest absolute Gasteiger partial charge is 0.573 e. The molecule has 11 heteroatoms. The van der Waals surface area contributed by atoms with Crippen LogP contribution in [0.1, 0.15) is 12.8 Å². The third-order valence-electron chi connectivity index (χ3n) is 4.62. The molecule has 164 valence electrons. The lowest BCUT2D eigenvalue weighted by Gasteiger charge is -2.31. The van der Waals surface area contributed by atoms with Gasteiger partial charge in [0.1, 0.15) is 17.6 Å². The van der Waals surface area contributed by atoms with Crippen LogP contribution in [0.25, 0.3) is 11.1 Å². The first-order valence-electron chi connectivity index (χ1n) is 9.02. The topological polar surface area (TPSA) is 95.9 Å². The Balaban J connectivity index is 1.83. The predicted molar refractivity (Wildman–Crippen MR) is 105 cm³/mol. The van der Waals surface area contributed by atoms with Crippen LogP contribution in [0.3, 0.4) is 0 Å². The van der Waals surface area contributed by atoms with Crippen LogP contribution in [0.15, 0.2) is 42.5 Å². The highest BCUT2D eigenvalue weighted by Crippen LogP contribution is 2.38. The summed E-state index contributed by atoms with van der Waals surface area (Å²) < 4.78 is 42.0. The Bertz CT molecular complexity index is 1030. The summed E-state index contributed by atoms with van der Waals surface area (Å²) in [6.45, 7) is -0.0814. The van der Waals surface area contributed by atoms with Gasteiger partial charge in [-0.2, -0.15) is 0 Å². The predicted octanol–water partition coefficient (Wildman–Crippen LogP) is 4.56. The molecule has 2 aromatic carbocycles. The monoisotopic (exact) mass is 456 g/mol. The number of rotatable bonds is 4. The summed E-state index contributed by atoms with van der Waals surface area (Å²) in [5, 5.41) is 11.8. The normalized spacial score (nSPS) is 16.7. The standard InChI is InChI=1S/C20H16ClF3N2O5/c21-15-9-11(25-18(28)16-10-12(27)7-8-26(16)19(29)30)5-6-13(15)14-3-1-2-4-17(14)31-20(22,23)24/h1-6,9,16H,7-8,10H2,(H,25,28)(H,29,30)/t16-/m1/s1. The molecule has 2 amide bonds. The van der Waals surface area contributed by atoms with E-state index in [9.17, 15) is 32.7 Å². The number of nitrogens with zero attached hydrogens (tertiary/aromatic N) is 1. The molecular weight excluding hydrogens is 441 g/mol. The minimum atomic E-state index is -4.88. The number of anilines is 1. The molecule has 1 aliphatic heterocycles. The van der Waals surface area contributed by atoms with Crippen LogP contribution >= 0.6 is 11.6 Å². The van der Waals surface area contributed by atoms with E-state index in [0.29, 0.717) is 0 Å². The Labute approximate surface area is 179 Å². The van der Waals surface area contributed by atoms with E-state index in [4.69, 9.17) is 11.6 Å². The summed E-state index contributed by atoms with van der Waals surface area (Å²) in [4.78, 5) is 36.4. The molecular formula is C20H16ClF3N2O5. The summed E-state index contributed by atoms with van der Waals surface area (Å²) in [5.41, 5.74) is 0.522. The minimum absolute atomic E-state index is 0.0332. The molecule has 7 nitrogen and oxygen atoms in total. The van der Waals surface area contributed by atoms with Crippen molar-refractivity contribution < 1.29 is 37.4 Å². The molecule has 0 unspecified atom stereocenters. The van der Waals surface area contributed by atoms with Crippen molar-refractivity contribution in [3.8, 4) is 16.9 Å². The van der Waals surface area contributed by atoms with Gasteiger partial charge in [-0.05, 0) is 18.2 Å². The Kier molecular flexibility index (Phi) is 6.40. The van der Waals surface area contributed by atoms with E-state index < -0.39 is 30.2 Å². The molecule has 31 heavy (non-hydrogen) atoms. The molecule has 0 aliphatic carbocycles. The zero-order valence-corrected chi connectivity index (χ0v) is 16.5. The van der Waals surface area contributed by atoms with Gasteiger partial charge in [0.2, 0.25) is 5.91 Å². The number of carbonyl (C=O) groups excluding carboxylic acids is 2. The number of ketones is 1. The average molecular weight is 457 g/mol. The van der Waals surface area contributed by atoms with Crippen molar-refractivity contribution in [1.29, 1.82) is 0 Å². The fourth-order valence-electron chi connectivity index (χ4n) is 3.23. The van der Waals surface area contributed by atoms with Crippen molar-refractivity contribution in [2.75, 3.05) is 11.9 Å². The summed E-state index contributed by atoms with van der Waals surface area (Å²) in [7, 11) is 0. The van der Waals surface area contributed by atoms with Crippen LogP contribution in [0.5, 0.6) is 5.75 Å². The third-order valence-corrected chi connectivity index (χ3v) is 4.93. The average Bonchev–Trinajstić information content (AvgIpc) is 2.67. The van der Waals surface area contributed by atoms with Crippen molar-refractivity contribution in [3.63, 3.8) is 0 Å². The van der Waals surface area contributed by atoms with Gasteiger partial charge in [0, 0.05) is 36.2 Å². The number of Topliss-reactive ketones (excluding diaryl/α,β-unsaturated/α-hetero) is 1. The Hall–Kier alpha value is -3.27. The van der Waals surface area contributed by atoms with Crippen molar-refractivity contribution in [3.05, 3.63) is 47.5 Å². The van der Waals surface area contributed by atoms with Crippen LogP contribution in [0.4, 0.5) is 23.7 Å². The lowest BCUT2D eigenvalue weighted by Crippen LogP contribution is -2.51. The second-order valence-corrected chi connectivity index (χ2v) is 7.12. The minimum Gasteiger partial charge on any atom is -0.465 e. The molecule has 1 atom stereocenters.